The Labute approximate surface area is 100.0 Å². The van der Waals surface area contributed by atoms with Crippen LogP contribution in [0.25, 0.3) is 0 Å². The van der Waals surface area contributed by atoms with Crippen molar-refractivity contribution < 1.29 is 14.6 Å². The Balaban J connectivity index is 3.41. The van der Waals surface area contributed by atoms with Crippen LogP contribution in [-0.4, -0.2) is 17.7 Å². The highest BCUT2D eigenvalue weighted by Crippen LogP contribution is 2.33. The molecule has 1 rings (SSSR count). The zero-order chi connectivity index (χ0) is 12.3. The van der Waals surface area contributed by atoms with E-state index in [1.54, 1.807) is 6.07 Å². The second-order valence-corrected chi connectivity index (χ2v) is 4.20. The zero-order valence-corrected chi connectivity index (χ0v) is 10.3. The van der Waals surface area contributed by atoms with Crippen LogP contribution in [0.5, 0.6) is 5.75 Å². The van der Waals surface area contributed by atoms with Gasteiger partial charge in [0, 0.05) is 5.02 Å². The number of benzene rings is 1. The topological polar surface area (TPSA) is 46.5 Å². The number of rotatable bonds is 4. The van der Waals surface area contributed by atoms with Gasteiger partial charge in [0.25, 0.3) is 0 Å². The number of hydrogen-bond donors (Lipinski definition) is 1. The third-order valence-electron chi connectivity index (χ3n) is 2.22. The summed E-state index contributed by atoms with van der Waals surface area (Å²) >= 11 is 5.89. The monoisotopic (exact) mass is 242 g/mol. The summed E-state index contributed by atoms with van der Waals surface area (Å²) in [6.07, 6.45) is 0. The lowest BCUT2D eigenvalue weighted by Gasteiger charge is -2.16. The lowest BCUT2D eigenvalue weighted by Crippen LogP contribution is -2.06. The summed E-state index contributed by atoms with van der Waals surface area (Å²) in [6, 6.07) is 3.17. The van der Waals surface area contributed by atoms with E-state index in [1.807, 2.05) is 20.8 Å². The summed E-state index contributed by atoms with van der Waals surface area (Å²) in [5, 5.41) is 9.51. The van der Waals surface area contributed by atoms with Crippen LogP contribution < -0.4 is 4.74 Å². The Bertz CT molecular complexity index is 399. The molecular weight excluding hydrogens is 228 g/mol. The molecule has 0 saturated carbocycles. The molecule has 0 aliphatic rings. The van der Waals surface area contributed by atoms with Crippen molar-refractivity contribution in [1.82, 2.24) is 0 Å². The molecule has 0 atom stereocenters. The van der Waals surface area contributed by atoms with Crippen molar-refractivity contribution in [2.45, 2.75) is 26.7 Å². The summed E-state index contributed by atoms with van der Waals surface area (Å²) in [7, 11) is 0. The first-order valence-electron chi connectivity index (χ1n) is 5.16. The summed E-state index contributed by atoms with van der Waals surface area (Å²) in [6.45, 7) is 6.20. The van der Waals surface area contributed by atoms with Gasteiger partial charge >= 0.3 is 5.97 Å². The maximum atomic E-state index is 11.1. The number of halogens is 1. The first-order chi connectivity index (χ1) is 7.47. The summed E-state index contributed by atoms with van der Waals surface area (Å²) < 4.78 is 5.41. The van der Waals surface area contributed by atoms with Crippen LogP contribution in [0, 0.1) is 0 Å². The normalized spacial score (nSPS) is 10.6. The van der Waals surface area contributed by atoms with E-state index in [4.69, 9.17) is 21.4 Å². The van der Waals surface area contributed by atoms with Crippen molar-refractivity contribution in [2.24, 2.45) is 0 Å². The molecule has 0 fully saturated rings. The number of carbonyl (C=O) groups is 1. The molecule has 4 heteroatoms. The van der Waals surface area contributed by atoms with Gasteiger partial charge in [0.15, 0.2) is 0 Å². The summed E-state index contributed by atoms with van der Waals surface area (Å²) in [5.41, 5.74) is 0.949. The maximum absolute atomic E-state index is 11.1. The minimum Gasteiger partial charge on any atom is -0.493 e. The number of ether oxygens (including phenoxy) is 1. The molecule has 0 aliphatic heterocycles. The van der Waals surface area contributed by atoms with Gasteiger partial charge in [-0.05, 0) is 30.5 Å². The smallest absolute Gasteiger partial charge is 0.339 e. The fourth-order valence-corrected chi connectivity index (χ4v) is 1.73. The van der Waals surface area contributed by atoms with Gasteiger partial charge in [0.1, 0.15) is 11.3 Å². The predicted octanol–water partition coefficient (Wildman–Crippen LogP) is 3.56. The molecule has 0 unspecified atom stereocenters. The van der Waals surface area contributed by atoms with E-state index in [2.05, 4.69) is 0 Å². The molecule has 0 spiro atoms. The van der Waals surface area contributed by atoms with Gasteiger partial charge in [0.05, 0.1) is 6.61 Å². The highest BCUT2D eigenvalue weighted by molar-refractivity contribution is 6.31. The van der Waals surface area contributed by atoms with E-state index in [9.17, 15) is 4.79 Å². The average molecular weight is 243 g/mol. The molecule has 1 N–H and O–H groups in total. The third kappa shape index (κ3) is 2.67. The zero-order valence-electron chi connectivity index (χ0n) is 9.58. The van der Waals surface area contributed by atoms with Crippen molar-refractivity contribution in [3.05, 3.63) is 28.3 Å². The van der Waals surface area contributed by atoms with Gasteiger partial charge in [-0.25, -0.2) is 4.79 Å². The van der Waals surface area contributed by atoms with Crippen molar-refractivity contribution in [2.75, 3.05) is 6.61 Å². The van der Waals surface area contributed by atoms with Gasteiger partial charge in [-0.15, -0.1) is 0 Å². The van der Waals surface area contributed by atoms with Crippen LogP contribution in [0.4, 0.5) is 0 Å². The van der Waals surface area contributed by atoms with Crippen LogP contribution in [0.3, 0.4) is 0 Å². The Morgan fingerprint density at radius 2 is 2.12 bits per heavy atom. The van der Waals surface area contributed by atoms with Gasteiger partial charge in [0.2, 0.25) is 0 Å². The maximum Gasteiger partial charge on any atom is 0.339 e. The van der Waals surface area contributed by atoms with E-state index >= 15 is 0 Å². The van der Waals surface area contributed by atoms with Crippen LogP contribution in [0.2, 0.25) is 5.02 Å². The third-order valence-corrected chi connectivity index (χ3v) is 2.44. The largest absolute Gasteiger partial charge is 0.493 e. The van der Waals surface area contributed by atoms with Crippen molar-refractivity contribution >= 4 is 17.6 Å². The van der Waals surface area contributed by atoms with Crippen LogP contribution >= 0.6 is 11.6 Å². The van der Waals surface area contributed by atoms with Gasteiger partial charge in [-0.1, -0.05) is 25.4 Å². The molecule has 3 nitrogen and oxygen atoms in total. The van der Waals surface area contributed by atoms with E-state index in [0.717, 1.165) is 5.56 Å². The van der Waals surface area contributed by atoms with Crippen molar-refractivity contribution in [3.63, 3.8) is 0 Å². The Hall–Kier alpha value is -1.22. The number of carboxylic acids is 1. The molecule has 1 aromatic carbocycles. The molecule has 0 aromatic heterocycles. The summed E-state index contributed by atoms with van der Waals surface area (Å²) in [5.74, 6) is -0.430. The second kappa shape index (κ2) is 5.21. The predicted molar refractivity (Wildman–Crippen MR) is 63.7 cm³/mol. The Morgan fingerprint density at radius 3 is 2.56 bits per heavy atom. The van der Waals surface area contributed by atoms with Gasteiger partial charge < -0.3 is 9.84 Å². The molecule has 0 saturated heterocycles. The highest BCUT2D eigenvalue weighted by atomic mass is 35.5. The molecule has 88 valence electrons. The van der Waals surface area contributed by atoms with Crippen LogP contribution in [-0.2, 0) is 0 Å². The van der Waals surface area contributed by atoms with Crippen molar-refractivity contribution in [3.8, 4) is 5.75 Å². The van der Waals surface area contributed by atoms with E-state index in [-0.39, 0.29) is 11.5 Å². The van der Waals surface area contributed by atoms with Gasteiger partial charge in [-0.3, -0.25) is 0 Å². The number of aromatic carboxylic acids is 1. The fourth-order valence-electron chi connectivity index (χ4n) is 1.51. The number of carboxylic acid groups (broad SMARTS) is 1. The fraction of sp³-hybridized carbons (Fsp3) is 0.417. The number of hydrogen-bond acceptors (Lipinski definition) is 2. The first-order valence-corrected chi connectivity index (χ1v) is 5.54. The first kappa shape index (κ1) is 12.8. The lowest BCUT2D eigenvalue weighted by atomic mass is 9.99. The molecular formula is C12H15ClO3. The standard InChI is InChI=1S/C12H15ClO3/c1-4-16-11-9(7(2)3)5-8(13)6-10(11)12(14)15/h5-7H,4H2,1-3H3,(H,14,15). The quantitative estimate of drug-likeness (QED) is 0.878. The van der Waals surface area contributed by atoms with Gasteiger partial charge in [-0.2, -0.15) is 0 Å². The van der Waals surface area contributed by atoms with E-state index in [1.165, 1.54) is 6.07 Å². The molecule has 1 aromatic rings. The second-order valence-electron chi connectivity index (χ2n) is 3.76. The molecule has 16 heavy (non-hydrogen) atoms. The minimum atomic E-state index is -1.02. The van der Waals surface area contributed by atoms with E-state index < -0.39 is 5.97 Å². The lowest BCUT2D eigenvalue weighted by molar-refractivity contribution is 0.0692. The Morgan fingerprint density at radius 1 is 1.50 bits per heavy atom. The minimum absolute atomic E-state index is 0.123. The molecule has 0 amide bonds. The van der Waals surface area contributed by atoms with E-state index in [0.29, 0.717) is 17.4 Å². The Kier molecular flexibility index (Phi) is 4.19. The van der Waals surface area contributed by atoms with Crippen molar-refractivity contribution in [1.29, 1.82) is 0 Å². The van der Waals surface area contributed by atoms with Crippen LogP contribution in [0.1, 0.15) is 42.6 Å². The molecule has 0 bridgehead atoms. The summed E-state index contributed by atoms with van der Waals surface area (Å²) in [4.78, 5) is 11.1. The van der Waals surface area contributed by atoms with Crippen LogP contribution in [0.15, 0.2) is 12.1 Å². The molecule has 0 radical (unpaired) electrons. The molecule has 0 heterocycles. The molecule has 0 aliphatic carbocycles. The average Bonchev–Trinajstić information content (AvgIpc) is 2.19. The highest BCUT2D eigenvalue weighted by Gasteiger charge is 2.18. The SMILES string of the molecule is CCOc1c(C(=O)O)cc(Cl)cc1C(C)C.